The van der Waals surface area contributed by atoms with Gasteiger partial charge in [0.1, 0.15) is 0 Å². The van der Waals surface area contributed by atoms with Crippen LogP contribution < -0.4 is 11.3 Å². The predicted octanol–water partition coefficient (Wildman–Crippen LogP) is 2.55. The zero-order valence-corrected chi connectivity index (χ0v) is 13.2. The van der Waals surface area contributed by atoms with Crippen molar-refractivity contribution in [3.05, 3.63) is 53.9 Å². The van der Waals surface area contributed by atoms with Gasteiger partial charge in [0.15, 0.2) is 0 Å². The standard InChI is InChI=1S/C17H26N4/c1-4-17(5-2,15-9-7-6-8-10-15)16(20-18)11-14-12-19-21(3)13-14/h6-10,12-13,16,20H,4-5,11,18H2,1-3H3. The summed E-state index contributed by atoms with van der Waals surface area (Å²) in [7, 11) is 1.94. The second-order valence-electron chi connectivity index (χ2n) is 5.67. The van der Waals surface area contributed by atoms with Gasteiger partial charge in [-0.05, 0) is 30.4 Å². The van der Waals surface area contributed by atoms with Gasteiger partial charge in [-0.3, -0.25) is 16.0 Å². The monoisotopic (exact) mass is 286 g/mol. The molecule has 3 N–H and O–H groups in total. The molecule has 0 amide bonds. The molecule has 0 fully saturated rings. The number of nitrogens with one attached hydrogen (secondary N) is 1. The Bertz CT molecular complexity index is 543. The molecule has 4 nitrogen and oxygen atoms in total. The Morgan fingerprint density at radius 2 is 1.90 bits per heavy atom. The molecule has 1 aromatic carbocycles. The average Bonchev–Trinajstić information content (AvgIpc) is 2.94. The molecule has 2 aromatic rings. The summed E-state index contributed by atoms with van der Waals surface area (Å²) in [5.41, 5.74) is 5.66. The van der Waals surface area contributed by atoms with Crippen LogP contribution >= 0.6 is 0 Å². The maximum absolute atomic E-state index is 5.92. The second-order valence-corrected chi connectivity index (χ2v) is 5.67. The lowest BCUT2D eigenvalue weighted by molar-refractivity contribution is 0.270. The summed E-state index contributed by atoms with van der Waals surface area (Å²) in [6, 6.07) is 10.9. The first kappa shape index (κ1) is 15.7. The van der Waals surface area contributed by atoms with Crippen LogP contribution in [0.3, 0.4) is 0 Å². The van der Waals surface area contributed by atoms with Gasteiger partial charge < -0.3 is 0 Å². The van der Waals surface area contributed by atoms with E-state index in [1.54, 1.807) is 0 Å². The van der Waals surface area contributed by atoms with E-state index in [1.807, 2.05) is 17.9 Å². The van der Waals surface area contributed by atoms with Crippen LogP contribution in [0.2, 0.25) is 0 Å². The maximum atomic E-state index is 5.92. The van der Waals surface area contributed by atoms with Gasteiger partial charge in [0.25, 0.3) is 0 Å². The lowest BCUT2D eigenvalue weighted by Crippen LogP contribution is -2.52. The molecule has 0 aliphatic carbocycles. The minimum absolute atomic E-state index is 0.0336. The first-order valence-corrected chi connectivity index (χ1v) is 7.65. The zero-order valence-electron chi connectivity index (χ0n) is 13.2. The Morgan fingerprint density at radius 1 is 1.24 bits per heavy atom. The molecule has 0 aliphatic rings. The van der Waals surface area contributed by atoms with E-state index < -0.39 is 0 Å². The Kier molecular flexibility index (Phi) is 5.15. The van der Waals surface area contributed by atoms with Crippen molar-refractivity contribution in [2.24, 2.45) is 12.9 Å². The van der Waals surface area contributed by atoms with Crippen LogP contribution in [0, 0.1) is 0 Å². The molecule has 4 heteroatoms. The highest BCUT2D eigenvalue weighted by Gasteiger charge is 2.36. The van der Waals surface area contributed by atoms with E-state index in [0.717, 1.165) is 19.3 Å². The fourth-order valence-electron chi connectivity index (χ4n) is 3.35. The van der Waals surface area contributed by atoms with Gasteiger partial charge in [0.05, 0.1) is 6.20 Å². The molecule has 1 atom stereocenters. The topological polar surface area (TPSA) is 55.9 Å². The first-order chi connectivity index (χ1) is 10.2. The van der Waals surface area contributed by atoms with Crippen molar-refractivity contribution in [3.8, 4) is 0 Å². The first-order valence-electron chi connectivity index (χ1n) is 7.65. The number of rotatable bonds is 7. The van der Waals surface area contributed by atoms with E-state index in [1.165, 1.54) is 11.1 Å². The normalized spacial score (nSPS) is 13.3. The summed E-state index contributed by atoms with van der Waals surface area (Å²) >= 11 is 0. The van der Waals surface area contributed by atoms with E-state index in [9.17, 15) is 0 Å². The van der Waals surface area contributed by atoms with Crippen molar-refractivity contribution in [2.45, 2.75) is 44.6 Å². The molecule has 0 saturated carbocycles. The molecule has 0 radical (unpaired) electrons. The van der Waals surface area contributed by atoms with Crippen LogP contribution in [0.4, 0.5) is 0 Å². The number of hydrogen-bond acceptors (Lipinski definition) is 3. The Balaban J connectivity index is 2.34. The zero-order chi connectivity index (χ0) is 15.3. The summed E-state index contributed by atoms with van der Waals surface area (Å²) in [4.78, 5) is 0. The fraction of sp³-hybridized carbons (Fsp3) is 0.471. The summed E-state index contributed by atoms with van der Waals surface area (Å²) in [5, 5.41) is 4.26. The summed E-state index contributed by atoms with van der Waals surface area (Å²) < 4.78 is 1.84. The van der Waals surface area contributed by atoms with Gasteiger partial charge >= 0.3 is 0 Å². The quantitative estimate of drug-likeness (QED) is 0.607. The van der Waals surface area contributed by atoms with E-state index in [4.69, 9.17) is 5.84 Å². The predicted molar refractivity (Wildman–Crippen MR) is 86.7 cm³/mol. The summed E-state index contributed by atoms with van der Waals surface area (Å²) in [6.07, 6.45) is 6.95. The van der Waals surface area contributed by atoms with Gasteiger partial charge in [-0.1, -0.05) is 44.2 Å². The molecular weight excluding hydrogens is 260 g/mol. The number of benzene rings is 1. The van der Waals surface area contributed by atoms with Crippen LogP contribution in [0.15, 0.2) is 42.7 Å². The van der Waals surface area contributed by atoms with Gasteiger partial charge in [0.2, 0.25) is 0 Å². The number of aryl methyl sites for hydroxylation is 1. The lowest BCUT2D eigenvalue weighted by Gasteiger charge is -2.40. The molecule has 0 spiro atoms. The SMILES string of the molecule is CCC(CC)(c1ccccc1)C(Cc1cnn(C)c1)NN. The number of hydrogen-bond donors (Lipinski definition) is 2. The number of nitrogens with two attached hydrogens (primary N) is 1. The molecular formula is C17H26N4. The molecule has 1 unspecified atom stereocenters. The Labute approximate surface area is 127 Å². The molecule has 1 heterocycles. The molecule has 114 valence electrons. The third kappa shape index (κ3) is 3.17. The van der Waals surface area contributed by atoms with Crippen LogP contribution in [-0.2, 0) is 18.9 Å². The third-order valence-electron chi connectivity index (χ3n) is 4.68. The fourth-order valence-corrected chi connectivity index (χ4v) is 3.35. The molecule has 0 saturated heterocycles. The molecule has 21 heavy (non-hydrogen) atoms. The van der Waals surface area contributed by atoms with Crippen molar-refractivity contribution in [1.29, 1.82) is 0 Å². The van der Waals surface area contributed by atoms with Crippen LogP contribution in [-0.4, -0.2) is 15.8 Å². The molecule has 0 bridgehead atoms. The van der Waals surface area contributed by atoms with Gasteiger partial charge in [-0.15, -0.1) is 0 Å². The number of nitrogens with zero attached hydrogens (tertiary/aromatic N) is 2. The van der Waals surface area contributed by atoms with Crippen molar-refractivity contribution in [3.63, 3.8) is 0 Å². The van der Waals surface area contributed by atoms with Gasteiger partial charge in [-0.25, -0.2) is 0 Å². The number of aromatic nitrogens is 2. The van der Waals surface area contributed by atoms with Crippen LogP contribution in [0.1, 0.15) is 37.8 Å². The van der Waals surface area contributed by atoms with E-state index in [-0.39, 0.29) is 11.5 Å². The van der Waals surface area contributed by atoms with E-state index in [0.29, 0.717) is 0 Å². The van der Waals surface area contributed by atoms with Gasteiger partial charge in [0, 0.05) is 24.7 Å². The minimum atomic E-state index is 0.0336. The van der Waals surface area contributed by atoms with E-state index >= 15 is 0 Å². The highest BCUT2D eigenvalue weighted by Crippen LogP contribution is 2.36. The molecule has 0 aliphatic heterocycles. The number of hydrazine groups is 1. The van der Waals surface area contributed by atoms with Crippen molar-refractivity contribution in [2.75, 3.05) is 0 Å². The Hall–Kier alpha value is -1.65. The van der Waals surface area contributed by atoms with Crippen molar-refractivity contribution in [1.82, 2.24) is 15.2 Å². The largest absolute Gasteiger partial charge is 0.276 e. The smallest absolute Gasteiger partial charge is 0.0522 e. The second kappa shape index (κ2) is 6.87. The average molecular weight is 286 g/mol. The third-order valence-corrected chi connectivity index (χ3v) is 4.68. The highest BCUT2D eigenvalue weighted by atomic mass is 15.3. The van der Waals surface area contributed by atoms with Gasteiger partial charge in [-0.2, -0.15) is 5.10 Å². The highest BCUT2D eigenvalue weighted by molar-refractivity contribution is 5.29. The van der Waals surface area contributed by atoms with Crippen molar-refractivity contribution >= 4 is 0 Å². The minimum Gasteiger partial charge on any atom is -0.276 e. The van der Waals surface area contributed by atoms with Crippen molar-refractivity contribution < 1.29 is 0 Å². The van der Waals surface area contributed by atoms with Crippen LogP contribution in [0.25, 0.3) is 0 Å². The molecule has 1 aromatic heterocycles. The van der Waals surface area contributed by atoms with E-state index in [2.05, 4.69) is 60.9 Å². The summed E-state index contributed by atoms with van der Waals surface area (Å²) in [6.45, 7) is 4.48. The Morgan fingerprint density at radius 3 is 2.38 bits per heavy atom. The molecule has 2 rings (SSSR count). The lowest BCUT2D eigenvalue weighted by atomic mass is 9.69. The maximum Gasteiger partial charge on any atom is 0.0522 e. The van der Waals surface area contributed by atoms with Crippen LogP contribution in [0.5, 0.6) is 0 Å². The summed E-state index contributed by atoms with van der Waals surface area (Å²) in [5.74, 6) is 5.92.